The average Bonchev–Trinajstić information content (AvgIpc) is 3.52. The highest BCUT2D eigenvalue weighted by molar-refractivity contribution is 6.31. The summed E-state index contributed by atoms with van der Waals surface area (Å²) in [6, 6.07) is 15.4. The quantitative estimate of drug-likeness (QED) is 0.514. The number of benzene rings is 2. The van der Waals surface area contributed by atoms with Crippen LogP contribution in [0.5, 0.6) is 0 Å². The SMILES string of the molecule is O=C(Nc1cc(Cl)ccc1-n1cncn1)C1Cc2ccccc2CN1C(=O)c1ccco1. The van der Waals surface area contributed by atoms with E-state index in [1.807, 2.05) is 24.3 Å². The van der Waals surface area contributed by atoms with Crippen molar-refractivity contribution in [2.24, 2.45) is 0 Å². The van der Waals surface area contributed by atoms with Gasteiger partial charge in [0.25, 0.3) is 5.91 Å². The normalized spacial score (nSPS) is 15.3. The van der Waals surface area contributed by atoms with Crippen LogP contribution in [0.15, 0.2) is 77.9 Å². The second kappa shape index (κ2) is 8.32. The molecule has 32 heavy (non-hydrogen) atoms. The molecule has 9 heteroatoms. The summed E-state index contributed by atoms with van der Waals surface area (Å²) in [5.74, 6) is -0.483. The number of nitrogens with zero attached hydrogens (tertiary/aromatic N) is 4. The number of anilines is 1. The second-order valence-electron chi connectivity index (χ2n) is 7.39. The Morgan fingerprint density at radius 2 is 1.94 bits per heavy atom. The highest BCUT2D eigenvalue weighted by Crippen LogP contribution is 2.28. The Labute approximate surface area is 188 Å². The fourth-order valence-corrected chi connectivity index (χ4v) is 4.04. The molecule has 1 atom stereocenters. The zero-order chi connectivity index (χ0) is 22.1. The van der Waals surface area contributed by atoms with E-state index in [0.29, 0.717) is 29.4 Å². The molecular weight excluding hydrogens is 430 g/mol. The van der Waals surface area contributed by atoms with Crippen LogP contribution >= 0.6 is 11.6 Å². The van der Waals surface area contributed by atoms with Crippen molar-refractivity contribution in [3.63, 3.8) is 0 Å². The van der Waals surface area contributed by atoms with Crippen molar-refractivity contribution in [2.75, 3.05) is 5.32 Å². The highest BCUT2D eigenvalue weighted by Gasteiger charge is 2.36. The van der Waals surface area contributed by atoms with Gasteiger partial charge in [0.05, 0.1) is 17.6 Å². The molecule has 1 N–H and O–H groups in total. The number of fused-ring (bicyclic) bond motifs is 1. The zero-order valence-corrected chi connectivity index (χ0v) is 17.6. The zero-order valence-electron chi connectivity index (χ0n) is 16.8. The number of halogens is 1. The van der Waals surface area contributed by atoms with Crippen LogP contribution in [0.1, 0.15) is 21.7 Å². The Kier molecular flexibility index (Phi) is 5.20. The maximum absolute atomic E-state index is 13.5. The monoisotopic (exact) mass is 447 g/mol. The number of hydrogen-bond acceptors (Lipinski definition) is 5. The van der Waals surface area contributed by atoms with Crippen molar-refractivity contribution in [2.45, 2.75) is 19.0 Å². The van der Waals surface area contributed by atoms with Gasteiger partial charge in [0.1, 0.15) is 18.7 Å². The predicted molar refractivity (Wildman–Crippen MR) is 118 cm³/mol. The lowest BCUT2D eigenvalue weighted by Crippen LogP contribution is -2.50. The Morgan fingerprint density at radius 3 is 2.69 bits per heavy atom. The third kappa shape index (κ3) is 3.76. The van der Waals surface area contributed by atoms with Crippen LogP contribution in [0, 0.1) is 0 Å². The van der Waals surface area contributed by atoms with Gasteiger partial charge in [-0.25, -0.2) is 9.67 Å². The molecule has 160 valence electrons. The molecule has 2 aromatic heterocycles. The fourth-order valence-electron chi connectivity index (χ4n) is 3.87. The first-order chi connectivity index (χ1) is 15.6. The minimum Gasteiger partial charge on any atom is -0.459 e. The second-order valence-corrected chi connectivity index (χ2v) is 7.83. The van der Waals surface area contributed by atoms with E-state index in [2.05, 4.69) is 15.4 Å². The molecule has 2 aromatic carbocycles. The number of nitrogens with one attached hydrogen (secondary N) is 1. The molecule has 0 saturated carbocycles. The summed E-state index contributed by atoms with van der Waals surface area (Å²) in [6.07, 6.45) is 4.76. The first-order valence-electron chi connectivity index (χ1n) is 9.97. The van der Waals surface area contributed by atoms with Crippen LogP contribution in [0.2, 0.25) is 5.02 Å². The van der Waals surface area contributed by atoms with Crippen LogP contribution < -0.4 is 5.32 Å². The molecule has 0 fully saturated rings. The predicted octanol–water partition coefficient (Wildman–Crippen LogP) is 3.72. The summed E-state index contributed by atoms with van der Waals surface area (Å²) in [5, 5.41) is 7.53. The molecule has 1 unspecified atom stereocenters. The summed E-state index contributed by atoms with van der Waals surface area (Å²) in [7, 11) is 0. The van der Waals surface area contributed by atoms with E-state index in [1.165, 1.54) is 28.5 Å². The Hall–Kier alpha value is -3.91. The van der Waals surface area contributed by atoms with Crippen LogP contribution in [0.4, 0.5) is 5.69 Å². The van der Waals surface area contributed by atoms with Crippen molar-refractivity contribution in [3.05, 3.63) is 95.4 Å². The molecule has 0 aliphatic carbocycles. The number of amides is 2. The lowest BCUT2D eigenvalue weighted by atomic mass is 9.93. The van der Waals surface area contributed by atoms with E-state index in [1.54, 1.807) is 30.3 Å². The standard InChI is InChI=1S/C23H18ClN5O3/c24-17-7-8-19(29-14-25-13-26-29)18(11-17)27-22(30)20-10-15-4-1-2-5-16(15)12-28(20)23(31)21-6-3-9-32-21/h1-9,11,13-14,20H,10,12H2,(H,27,30). The Bertz CT molecular complexity index is 1270. The van der Waals surface area contributed by atoms with E-state index >= 15 is 0 Å². The van der Waals surface area contributed by atoms with Crippen molar-refractivity contribution in [1.82, 2.24) is 19.7 Å². The van der Waals surface area contributed by atoms with Gasteiger partial charge >= 0.3 is 0 Å². The lowest BCUT2D eigenvalue weighted by Gasteiger charge is -2.35. The van der Waals surface area contributed by atoms with Crippen molar-refractivity contribution < 1.29 is 14.0 Å². The van der Waals surface area contributed by atoms with Crippen LogP contribution in [0.25, 0.3) is 5.69 Å². The van der Waals surface area contributed by atoms with Crippen LogP contribution in [0.3, 0.4) is 0 Å². The van der Waals surface area contributed by atoms with E-state index in [0.717, 1.165) is 11.1 Å². The Balaban J connectivity index is 1.49. The summed E-state index contributed by atoms with van der Waals surface area (Å²) < 4.78 is 6.84. The number of carbonyl (C=O) groups excluding carboxylic acids is 2. The number of rotatable bonds is 4. The number of aromatic nitrogens is 3. The van der Waals surface area contributed by atoms with Gasteiger partial charge in [-0.1, -0.05) is 35.9 Å². The largest absolute Gasteiger partial charge is 0.459 e. The first kappa shape index (κ1) is 20.0. The molecule has 1 aliphatic heterocycles. The summed E-state index contributed by atoms with van der Waals surface area (Å²) >= 11 is 6.19. The maximum atomic E-state index is 13.5. The lowest BCUT2D eigenvalue weighted by molar-refractivity contribution is -0.121. The van der Waals surface area contributed by atoms with Crippen molar-refractivity contribution in [1.29, 1.82) is 0 Å². The van der Waals surface area contributed by atoms with Gasteiger partial charge in [-0.3, -0.25) is 9.59 Å². The minimum absolute atomic E-state index is 0.188. The van der Waals surface area contributed by atoms with Gasteiger partial charge < -0.3 is 14.6 Å². The van der Waals surface area contributed by atoms with Gasteiger partial charge in [0.15, 0.2) is 5.76 Å². The van der Waals surface area contributed by atoms with Crippen molar-refractivity contribution >= 4 is 29.1 Å². The minimum atomic E-state index is -0.731. The van der Waals surface area contributed by atoms with Gasteiger partial charge in [-0.2, -0.15) is 5.10 Å². The van der Waals surface area contributed by atoms with E-state index in [-0.39, 0.29) is 17.6 Å². The molecule has 1 aliphatic rings. The highest BCUT2D eigenvalue weighted by atomic mass is 35.5. The summed E-state index contributed by atoms with van der Waals surface area (Å²) in [4.78, 5) is 32.1. The molecule has 0 radical (unpaired) electrons. The topological polar surface area (TPSA) is 93.3 Å². The summed E-state index contributed by atoms with van der Waals surface area (Å²) in [5.41, 5.74) is 3.11. The third-order valence-electron chi connectivity index (χ3n) is 5.43. The molecule has 3 heterocycles. The number of furan rings is 1. The average molecular weight is 448 g/mol. The van der Waals surface area contributed by atoms with Gasteiger partial charge in [-0.05, 0) is 41.5 Å². The van der Waals surface area contributed by atoms with Crippen LogP contribution in [-0.2, 0) is 17.8 Å². The van der Waals surface area contributed by atoms with Crippen LogP contribution in [-0.4, -0.2) is 37.5 Å². The maximum Gasteiger partial charge on any atom is 0.290 e. The van der Waals surface area contributed by atoms with E-state index in [4.69, 9.17) is 16.0 Å². The number of carbonyl (C=O) groups is 2. The molecular formula is C23H18ClN5O3. The molecule has 0 bridgehead atoms. The third-order valence-corrected chi connectivity index (χ3v) is 5.66. The van der Waals surface area contributed by atoms with E-state index in [9.17, 15) is 9.59 Å². The Morgan fingerprint density at radius 1 is 1.09 bits per heavy atom. The molecule has 0 saturated heterocycles. The molecule has 5 rings (SSSR count). The number of hydrogen-bond donors (Lipinski definition) is 1. The van der Waals surface area contributed by atoms with Gasteiger partial charge in [0.2, 0.25) is 5.91 Å². The molecule has 4 aromatic rings. The smallest absolute Gasteiger partial charge is 0.290 e. The summed E-state index contributed by atoms with van der Waals surface area (Å²) in [6.45, 7) is 0.305. The molecule has 2 amide bonds. The molecule has 0 spiro atoms. The van der Waals surface area contributed by atoms with Gasteiger partial charge in [-0.15, -0.1) is 0 Å². The van der Waals surface area contributed by atoms with E-state index < -0.39 is 6.04 Å². The first-order valence-corrected chi connectivity index (χ1v) is 10.3. The van der Waals surface area contributed by atoms with Gasteiger partial charge in [0, 0.05) is 18.0 Å². The fraction of sp³-hybridized carbons (Fsp3) is 0.130. The van der Waals surface area contributed by atoms with Crippen molar-refractivity contribution in [3.8, 4) is 5.69 Å². The molecule has 8 nitrogen and oxygen atoms in total.